The Hall–Kier alpha value is -1.30. The second-order valence-corrected chi connectivity index (χ2v) is 7.18. The number of carbonyl (C=O) groups is 2. The van der Waals surface area contributed by atoms with Crippen molar-refractivity contribution in [3.8, 4) is 0 Å². The van der Waals surface area contributed by atoms with Gasteiger partial charge in [0.1, 0.15) is 11.6 Å². The van der Waals surface area contributed by atoms with E-state index in [0.717, 1.165) is 25.9 Å². The van der Waals surface area contributed by atoms with E-state index in [9.17, 15) is 9.59 Å². The molecule has 2 fully saturated rings. The summed E-state index contributed by atoms with van der Waals surface area (Å²) in [6.45, 7) is 8.78. The second-order valence-electron chi connectivity index (χ2n) is 7.18. The Morgan fingerprint density at radius 3 is 2.59 bits per heavy atom. The number of hydrogen-bond donors (Lipinski definition) is 1. The summed E-state index contributed by atoms with van der Waals surface area (Å²) in [5, 5.41) is 3.00. The third kappa shape index (κ3) is 4.35. The van der Waals surface area contributed by atoms with Crippen molar-refractivity contribution in [2.24, 2.45) is 0 Å². The van der Waals surface area contributed by atoms with Crippen LogP contribution >= 0.6 is 0 Å². The monoisotopic (exact) mass is 312 g/mol. The maximum Gasteiger partial charge on any atom is 0.410 e. The molecule has 0 aromatic carbocycles. The Kier molecular flexibility index (Phi) is 5.32. The van der Waals surface area contributed by atoms with Crippen LogP contribution in [0, 0.1) is 0 Å². The average Bonchev–Trinajstić information content (AvgIpc) is 3.08. The molecule has 2 heterocycles. The number of nitrogens with zero attached hydrogens (tertiary/aromatic N) is 1. The fourth-order valence-electron chi connectivity index (χ4n) is 2.99. The van der Waals surface area contributed by atoms with Gasteiger partial charge in [-0.2, -0.15) is 0 Å². The minimum absolute atomic E-state index is 0.0314. The van der Waals surface area contributed by atoms with Gasteiger partial charge in [0.2, 0.25) is 5.91 Å². The van der Waals surface area contributed by atoms with Crippen molar-refractivity contribution in [1.29, 1.82) is 0 Å². The van der Waals surface area contributed by atoms with Crippen LogP contribution in [0.3, 0.4) is 0 Å². The van der Waals surface area contributed by atoms with Gasteiger partial charge < -0.3 is 14.8 Å². The van der Waals surface area contributed by atoms with Crippen LogP contribution in [0.15, 0.2) is 0 Å². The number of ether oxygens (including phenoxy) is 2. The van der Waals surface area contributed by atoms with Crippen LogP contribution in [0.1, 0.15) is 53.4 Å². The minimum atomic E-state index is -0.550. The molecule has 3 atom stereocenters. The number of hydrogen-bond acceptors (Lipinski definition) is 4. The van der Waals surface area contributed by atoms with E-state index in [1.807, 2.05) is 27.7 Å². The summed E-state index contributed by atoms with van der Waals surface area (Å²) in [7, 11) is 0. The number of likely N-dealkylation sites (tertiary alicyclic amines) is 1. The van der Waals surface area contributed by atoms with E-state index in [-0.39, 0.29) is 18.1 Å². The van der Waals surface area contributed by atoms with Gasteiger partial charge in [-0.25, -0.2) is 4.79 Å². The Morgan fingerprint density at radius 1 is 1.27 bits per heavy atom. The van der Waals surface area contributed by atoms with Gasteiger partial charge in [-0.1, -0.05) is 0 Å². The molecule has 22 heavy (non-hydrogen) atoms. The molecule has 0 bridgehead atoms. The fourth-order valence-corrected chi connectivity index (χ4v) is 2.99. The molecule has 0 aromatic rings. The lowest BCUT2D eigenvalue weighted by Crippen LogP contribution is -2.51. The zero-order chi connectivity index (χ0) is 16.3. The Labute approximate surface area is 132 Å². The van der Waals surface area contributed by atoms with Crippen molar-refractivity contribution in [3.63, 3.8) is 0 Å². The summed E-state index contributed by atoms with van der Waals surface area (Å²) < 4.78 is 11.0. The summed E-state index contributed by atoms with van der Waals surface area (Å²) in [6.07, 6.45) is 3.20. The highest BCUT2D eigenvalue weighted by atomic mass is 16.6. The summed E-state index contributed by atoms with van der Waals surface area (Å²) in [4.78, 5) is 26.2. The smallest absolute Gasteiger partial charge is 0.410 e. The lowest BCUT2D eigenvalue weighted by molar-refractivity contribution is -0.127. The van der Waals surface area contributed by atoms with Crippen LogP contribution in [0.4, 0.5) is 4.79 Å². The quantitative estimate of drug-likeness (QED) is 0.866. The number of nitrogens with one attached hydrogen (secondary N) is 1. The van der Waals surface area contributed by atoms with Crippen LogP contribution in [0.2, 0.25) is 0 Å². The van der Waals surface area contributed by atoms with E-state index in [1.165, 1.54) is 0 Å². The zero-order valence-corrected chi connectivity index (χ0v) is 14.1. The van der Waals surface area contributed by atoms with Gasteiger partial charge in [0.15, 0.2) is 0 Å². The van der Waals surface area contributed by atoms with Crippen LogP contribution < -0.4 is 5.32 Å². The molecule has 0 aromatic heterocycles. The van der Waals surface area contributed by atoms with Gasteiger partial charge in [-0.3, -0.25) is 9.69 Å². The molecule has 0 unspecified atom stereocenters. The maximum atomic E-state index is 12.5. The maximum absolute atomic E-state index is 12.5. The van der Waals surface area contributed by atoms with E-state index >= 15 is 0 Å². The summed E-state index contributed by atoms with van der Waals surface area (Å²) >= 11 is 0. The average molecular weight is 312 g/mol. The fraction of sp³-hybridized carbons (Fsp3) is 0.875. The van der Waals surface area contributed by atoms with Crippen molar-refractivity contribution in [1.82, 2.24) is 10.2 Å². The van der Waals surface area contributed by atoms with Gasteiger partial charge in [0.05, 0.1) is 12.1 Å². The normalized spacial score (nSPS) is 26.8. The third-order valence-electron chi connectivity index (χ3n) is 4.08. The van der Waals surface area contributed by atoms with Crippen molar-refractivity contribution >= 4 is 12.0 Å². The lowest BCUT2D eigenvalue weighted by atomic mass is 10.1. The summed E-state index contributed by atoms with van der Waals surface area (Å²) in [5.41, 5.74) is -0.550. The van der Waals surface area contributed by atoms with Crippen molar-refractivity contribution in [2.45, 2.75) is 77.2 Å². The van der Waals surface area contributed by atoms with Crippen LogP contribution in [-0.2, 0) is 14.3 Å². The van der Waals surface area contributed by atoms with Crippen LogP contribution in [-0.4, -0.2) is 53.8 Å². The van der Waals surface area contributed by atoms with E-state index < -0.39 is 17.7 Å². The number of carbonyl (C=O) groups excluding carboxylic acids is 2. The molecule has 1 N–H and O–H groups in total. The van der Waals surface area contributed by atoms with Crippen molar-refractivity contribution in [2.75, 3.05) is 13.2 Å². The molecule has 0 aliphatic carbocycles. The van der Waals surface area contributed by atoms with E-state index in [0.29, 0.717) is 13.0 Å². The molecule has 2 aliphatic rings. The predicted octanol–water partition coefficient (Wildman–Crippen LogP) is 2.07. The van der Waals surface area contributed by atoms with Gasteiger partial charge in [0.25, 0.3) is 0 Å². The molecular weight excluding hydrogens is 284 g/mol. The minimum Gasteiger partial charge on any atom is -0.444 e. The van der Waals surface area contributed by atoms with Gasteiger partial charge >= 0.3 is 6.09 Å². The zero-order valence-electron chi connectivity index (χ0n) is 14.1. The molecular formula is C16H28N2O4. The second kappa shape index (κ2) is 6.86. The predicted molar refractivity (Wildman–Crippen MR) is 82.5 cm³/mol. The molecule has 2 aliphatic heterocycles. The molecule has 2 saturated heterocycles. The first-order valence-electron chi connectivity index (χ1n) is 8.19. The molecule has 2 rings (SSSR count). The highest BCUT2D eigenvalue weighted by Gasteiger charge is 2.37. The van der Waals surface area contributed by atoms with Crippen molar-refractivity contribution in [3.05, 3.63) is 0 Å². The first-order chi connectivity index (χ1) is 10.3. The van der Waals surface area contributed by atoms with Gasteiger partial charge in [-0.05, 0) is 53.4 Å². The molecule has 126 valence electrons. The molecule has 2 amide bonds. The highest BCUT2D eigenvalue weighted by Crippen LogP contribution is 2.22. The molecule has 0 spiro atoms. The molecule has 0 radical (unpaired) electrons. The Morgan fingerprint density at radius 2 is 2.00 bits per heavy atom. The summed E-state index contributed by atoms with van der Waals surface area (Å²) in [6, 6.07) is -0.463. The third-order valence-corrected chi connectivity index (χ3v) is 4.08. The largest absolute Gasteiger partial charge is 0.444 e. The SMILES string of the molecule is C[C@H](NC(=O)[C@H]1CCCN1C(=O)OC(C)(C)C)[C@@H]1CCCO1. The number of rotatable bonds is 3. The van der Waals surface area contributed by atoms with E-state index in [4.69, 9.17) is 9.47 Å². The van der Waals surface area contributed by atoms with Crippen molar-refractivity contribution < 1.29 is 19.1 Å². The number of amides is 2. The van der Waals surface area contributed by atoms with Crippen LogP contribution in [0.5, 0.6) is 0 Å². The first-order valence-corrected chi connectivity index (χ1v) is 8.19. The van der Waals surface area contributed by atoms with E-state index in [1.54, 1.807) is 4.90 Å². The highest BCUT2D eigenvalue weighted by molar-refractivity contribution is 5.86. The molecule has 6 nitrogen and oxygen atoms in total. The topological polar surface area (TPSA) is 67.9 Å². The van der Waals surface area contributed by atoms with Crippen LogP contribution in [0.25, 0.3) is 0 Å². The summed E-state index contributed by atoms with van der Waals surface area (Å²) in [5.74, 6) is -0.105. The standard InChI is InChI=1S/C16H28N2O4/c1-11(13-8-6-10-21-13)17-14(19)12-7-5-9-18(12)15(20)22-16(2,3)4/h11-13H,5-10H2,1-4H3,(H,17,19)/t11-,12+,13-/m0/s1. The first kappa shape index (κ1) is 17.1. The van der Waals surface area contributed by atoms with E-state index in [2.05, 4.69) is 5.32 Å². The lowest BCUT2D eigenvalue weighted by Gasteiger charge is -2.29. The Balaban J connectivity index is 1.91. The Bertz CT molecular complexity index is 413. The van der Waals surface area contributed by atoms with Gasteiger partial charge in [0, 0.05) is 13.2 Å². The molecule has 0 saturated carbocycles. The molecule has 6 heteroatoms. The van der Waals surface area contributed by atoms with Gasteiger partial charge in [-0.15, -0.1) is 0 Å².